The summed E-state index contributed by atoms with van der Waals surface area (Å²) in [5.41, 5.74) is 4.98. The maximum atomic E-state index is 13.5. The van der Waals surface area contributed by atoms with E-state index in [0.717, 1.165) is 11.6 Å². The highest BCUT2D eigenvalue weighted by Gasteiger charge is 2.37. The molecule has 2 aromatic rings. The summed E-state index contributed by atoms with van der Waals surface area (Å²) in [6, 6.07) is 14.3. The van der Waals surface area contributed by atoms with E-state index in [4.69, 9.17) is 15.2 Å². The van der Waals surface area contributed by atoms with E-state index < -0.39 is 53.5 Å². The zero-order chi connectivity index (χ0) is 31.8. The monoisotopic (exact) mass is 596 g/mol. The van der Waals surface area contributed by atoms with Crippen LogP contribution in [-0.2, 0) is 41.7 Å². The predicted octanol–water partition coefficient (Wildman–Crippen LogP) is 1.65. The minimum absolute atomic E-state index is 0.0551. The summed E-state index contributed by atoms with van der Waals surface area (Å²) in [6.07, 6.45) is 1.64. The number of benzene rings is 2. The van der Waals surface area contributed by atoms with Gasteiger partial charge in [0.05, 0.1) is 12.2 Å². The standard InChI is InChI=1S/C31H40N4O8/c1-4-42-26(37)18-16-23(15-17-25(32)36)33-28(38)24(19-21-11-7-5-8-12-21)34-29(39)27(31(2,3)41)35-30(40)43-20-22-13-9-6-10-14-22/h5-14,16,18,23-24,27,41H,4,15,17,19-20H2,1-3H3,(H2,32,36)(H,33,38)(H,34,39)(H,35,40)/b18-16+/t23-,24-,27+/m0/s1. The van der Waals surface area contributed by atoms with Gasteiger partial charge in [0, 0.05) is 25.0 Å². The summed E-state index contributed by atoms with van der Waals surface area (Å²) < 4.78 is 10.1. The summed E-state index contributed by atoms with van der Waals surface area (Å²) in [4.78, 5) is 62.7. The summed E-state index contributed by atoms with van der Waals surface area (Å²) in [6.45, 7) is 4.41. The van der Waals surface area contributed by atoms with Crippen LogP contribution in [0.3, 0.4) is 0 Å². The number of nitrogens with one attached hydrogen (secondary N) is 3. The number of rotatable bonds is 16. The van der Waals surface area contributed by atoms with Crippen LogP contribution in [0.2, 0.25) is 0 Å². The molecule has 0 fully saturated rings. The number of amides is 4. The van der Waals surface area contributed by atoms with Crippen molar-refractivity contribution in [3.05, 3.63) is 83.9 Å². The number of aliphatic hydroxyl groups is 1. The van der Waals surface area contributed by atoms with Gasteiger partial charge < -0.3 is 36.3 Å². The highest BCUT2D eigenvalue weighted by molar-refractivity contribution is 5.92. The first-order chi connectivity index (χ1) is 20.4. The van der Waals surface area contributed by atoms with E-state index in [1.807, 2.05) is 6.07 Å². The van der Waals surface area contributed by atoms with Gasteiger partial charge in [-0.1, -0.05) is 66.7 Å². The lowest BCUT2D eigenvalue weighted by Crippen LogP contribution is -2.61. The Kier molecular flexibility index (Phi) is 13.9. The first-order valence-corrected chi connectivity index (χ1v) is 13.9. The third-order valence-corrected chi connectivity index (χ3v) is 6.14. The van der Waals surface area contributed by atoms with Gasteiger partial charge in [-0.25, -0.2) is 9.59 Å². The van der Waals surface area contributed by atoms with Crippen molar-refractivity contribution in [2.45, 2.75) is 70.4 Å². The lowest BCUT2D eigenvalue weighted by atomic mass is 9.97. The molecule has 2 rings (SSSR count). The Hall–Kier alpha value is -4.71. The van der Waals surface area contributed by atoms with Crippen molar-refractivity contribution < 1.29 is 38.6 Å². The maximum Gasteiger partial charge on any atom is 0.408 e. The van der Waals surface area contributed by atoms with Crippen LogP contribution in [0.4, 0.5) is 4.79 Å². The lowest BCUT2D eigenvalue weighted by molar-refractivity contribution is -0.137. The lowest BCUT2D eigenvalue weighted by Gasteiger charge is -2.30. The van der Waals surface area contributed by atoms with Gasteiger partial charge in [-0.15, -0.1) is 0 Å². The molecule has 6 N–H and O–H groups in total. The topological polar surface area (TPSA) is 186 Å². The van der Waals surface area contributed by atoms with Crippen LogP contribution >= 0.6 is 0 Å². The van der Waals surface area contributed by atoms with Crippen LogP contribution < -0.4 is 21.7 Å². The van der Waals surface area contributed by atoms with Crippen molar-refractivity contribution in [1.29, 1.82) is 0 Å². The molecule has 0 unspecified atom stereocenters. The van der Waals surface area contributed by atoms with Crippen molar-refractivity contribution >= 4 is 29.8 Å². The van der Waals surface area contributed by atoms with Crippen molar-refractivity contribution in [2.75, 3.05) is 6.61 Å². The second-order valence-corrected chi connectivity index (χ2v) is 10.3. The number of alkyl carbamates (subject to hydrolysis) is 1. The molecule has 232 valence electrons. The SMILES string of the molecule is CCOC(=O)/C=C/[C@H](CCC(N)=O)NC(=O)[C@H](Cc1ccccc1)NC(=O)[C@@H](NC(=O)OCc1ccccc1)C(C)(C)O. The molecule has 12 nitrogen and oxygen atoms in total. The Labute approximate surface area is 251 Å². The number of nitrogens with two attached hydrogens (primary N) is 1. The zero-order valence-corrected chi connectivity index (χ0v) is 24.6. The van der Waals surface area contributed by atoms with Crippen molar-refractivity contribution in [1.82, 2.24) is 16.0 Å². The molecular formula is C31H40N4O8. The molecule has 0 heterocycles. The molecule has 43 heavy (non-hydrogen) atoms. The molecule has 0 radical (unpaired) electrons. The fraction of sp³-hybridized carbons (Fsp3) is 0.387. The second-order valence-electron chi connectivity index (χ2n) is 10.3. The third kappa shape index (κ3) is 13.2. The third-order valence-electron chi connectivity index (χ3n) is 6.14. The molecule has 12 heteroatoms. The molecular weight excluding hydrogens is 556 g/mol. The number of primary amides is 1. The normalized spacial score (nSPS) is 13.3. The first-order valence-electron chi connectivity index (χ1n) is 13.9. The molecule has 0 saturated heterocycles. The van der Waals surface area contributed by atoms with E-state index in [-0.39, 0.29) is 32.5 Å². The van der Waals surface area contributed by atoms with Crippen molar-refractivity contribution in [3.63, 3.8) is 0 Å². The van der Waals surface area contributed by atoms with Crippen LogP contribution in [-0.4, -0.2) is 65.2 Å². The van der Waals surface area contributed by atoms with Crippen LogP contribution in [0.5, 0.6) is 0 Å². The molecule has 0 aromatic heterocycles. The number of hydrogen-bond donors (Lipinski definition) is 5. The van der Waals surface area contributed by atoms with E-state index >= 15 is 0 Å². The van der Waals surface area contributed by atoms with Gasteiger partial charge in [-0.2, -0.15) is 0 Å². The summed E-state index contributed by atoms with van der Waals surface area (Å²) in [7, 11) is 0. The maximum absolute atomic E-state index is 13.5. The zero-order valence-electron chi connectivity index (χ0n) is 24.6. The Morgan fingerprint density at radius 1 is 0.884 bits per heavy atom. The number of ether oxygens (including phenoxy) is 2. The van der Waals surface area contributed by atoms with E-state index in [9.17, 15) is 29.1 Å². The fourth-order valence-electron chi connectivity index (χ4n) is 3.94. The Balaban J connectivity index is 2.23. The molecule has 2 aromatic carbocycles. The minimum atomic E-state index is -1.74. The highest BCUT2D eigenvalue weighted by atomic mass is 16.5. The number of carbonyl (C=O) groups excluding carboxylic acids is 5. The van der Waals surface area contributed by atoms with E-state index in [2.05, 4.69) is 16.0 Å². The Morgan fingerprint density at radius 3 is 2.05 bits per heavy atom. The average Bonchev–Trinajstić information content (AvgIpc) is 2.96. The number of hydrogen-bond acceptors (Lipinski definition) is 8. The van der Waals surface area contributed by atoms with Crippen molar-refractivity contribution in [3.8, 4) is 0 Å². The van der Waals surface area contributed by atoms with Crippen LogP contribution in [0.15, 0.2) is 72.8 Å². The Morgan fingerprint density at radius 2 is 1.49 bits per heavy atom. The van der Waals surface area contributed by atoms with Crippen LogP contribution in [0, 0.1) is 0 Å². The van der Waals surface area contributed by atoms with E-state index in [1.54, 1.807) is 61.5 Å². The molecule has 0 aliphatic rings. The molecule has 0 saturated carbocycles. The predicted molar refractivity (Wildman–Crippen MR) is 158 cm³/mol. The molecule has 0 aliphatic heterocycles. The summed E-state index contributed by atoms with van der Waals surface area (Å²) in [5, 5.41) is 18.5. The number of esters is 1. The first kappa shape index (κ1) is 34.5. The summed E-state index contributed by atoms with van der Waals surface area (Å²) >= 11 is 0. The number of carbonyl (C=O) groups is 5. The molecule has 4 amide bonds. The smallest absolute Gasteiger partial charge is 0.408 e. The quantitative estimate of drug-likeness (QED) is 0.143. The largest absolute Gasteiger partial charge is 0.463 e. The average molecular weight is 597 g/mol. The molecule has 0 aliphatic carbocycles. The van der Waals surface area contributed by atoms with Gasteiger partial charge in [0.1, 0.15) is 18.7 Å². The second kappa shape index (κ2) is 17.3. The van der Waals surface area contributed by atoms with Gasteiger partial charge in [0.2, 0.25) is 17.7 Å². The van der Waals surface area contributed by atoms with Crippen LogP contribution in [0.1, 0.15) is 44.7 Å². The summed E-state index contributed by atoms with van der Waals surface area (Å²) in [5.74, 6) is -2.71. The molecule has 3 atom stereocenters. The molecule has 0 bridgehead atoms. The Bertz CT molecular complexity index is 1250. The minimum Gasteiger partial charge on any atom is -0.463 e. The highest BCUT2D eigenvalue weighted by Crippen LogP contribution is 2.12. The molecule has 0 spiro atoms. The van der Waals surface area contributed by atoms with Crippen LogP contribution in [0.25, 0.3) is 0 Å². The van der Waals surface area contributed by atoms with Gasteiger partial charge >= 0.3 is 12.1 Å². The van der Waals surface area contributed by atoms with Gasteiger partial charge in [-0.05, 0) is 38.3 Å². The van der Waals surface area contributed by atoms with E-state index in [0.29, 0.717) is 5.56 Å². The van der Waals surface area contributed by atoms with Gasteiger partial charge in [-0.3, -0.25) is 14.4 Å². The van der Waals surface area contributed by atoms with Crippen molar-refractivity contribution in [2.24, 2.45) is 5.73 Å². The van der Waals surface area contributed by atoms with E-state index in [1.165, 1.54) is 19.9 Å². The van der Waals surface area contributed by atoms with Gasteiger partial charge in [0.15, 0.2) is 0 Å². The van der Waals surface area contributed by atoms with Gasteiger partial charge in [0.25, 0.3) is 0 Å². The fourth-order valence-corrected chi connectivity index (χ4v) is 3.94.